The van der Waals surface area contributed by atoms with Gasteiger partial charge in [-0.1, -0.05) is 15.9 Å². The third kappa shape index (κ3) is 3.81. The van der Waals surface area contributed by atoms with Crippen LogP contribution in [0.4, 0.5) is 5.69 Å². The van der Waals surface area contributed by atoms with Crippen LogP contribution in [-0.2, 0) is 6.54 Å². The van der Waals surface area contributed by atoms with Crippen LogP contribution < -0.4 is 5.32 Å². The molecule has 0 bridgehead atoms. The molecular formula is C14H18BrN3O. The van der Waals surface area contributed by atoms with Gasteiger partial charge in [0, 0.05) is 29.1 Å². The maximum atomic E-state index is 9.99. The third-order valence-corrected chi connectivity index (χ3v) is 3.43. The second-order valence-corrected chi connectivity index (χ2v) is 5.59. The standard InChI is InChI=1S/C14H18BrN3O/c1-10-6-12(15)7-11(2)14(10)16-8-13(19)9-18-5-3-4-17-18/h3-7,13,16,19H,8-9H2,1-2H3. The highest BCUT2D eigenvalue weighted by Crippen LogP contribution is 2.24. The van der Waals surface area contributed by atoms with E-state index in [1.807, 2.05) is 12.3 Å². The molecule has 0 saturated heterocycles. The van der Waals surface area contributed by atoms with Crippen molar-refractivity contribution in [2.75, 3.05) is 11.9 Å². The molecule has 0 amide bonds. The molecule has 4 nitrogen and oxygen atoms in total. The van der Waals surface area contributed by atoms with Gasteiger partial charge in [-0.3, -0.25) is 4.68 Å². The molecule has 0 radical (unpaired) electrons. The lowest BCUT2D eigenvalue weighted by Crippen LogP contribution is -2.25. The van der Waals surface area contributed by atoms with Gasteiger partial charge in [-0.15, -0.1) is 0 Å². The predicted octanol–water partition coefficient (Wildman–Crippen LogP) is 2.74. The minimum atomic E-state index is -0.470. The molecule has 1 unspecified atom stereocenters. The first-order valence-electron chi connectivity index (χ1n) is 6.22. The molecule has 0 saturated carbocycles. The first kappa shape index (κ1) is 14.1. The summed E-state index contributed by atoms with van der Waals surface area (Å²) >= 11 is 3.48. The molecule has 19 heavy (non-hydrogen) atoms. The molecule has 1 aromatic heterocycles. The van der Waals surface area contributed by atoms with E-state index in [4.69, 9.17) is 0 Å². The zero-order valence-electron chi connectivity index (χ0n) is 11.1. The molecule has 1 aromatic carbocycles. The Balaban J connectivity index is 1.95. The van der Waals surface area contributed by atoms with Crippen LogP contribution in [0.15, 0.2) is 35.1 Å². The van der Waals surface area contributed by atoms with E-state index in [0.717, 1.165) is 21.3 Å². The lowest BCUT2D eigenvalue weighted by molar-refractivity contribution is 0.161. The lowest BCUT2D eigenvalue weighted by atomic mass is 10.1. The zero-order chi connectivity index (χ0) is 13.8. The number of hydrogen-bond donors (Lipinski definition) is 2. The molecule has 2 rings (SSSR count). The van der Waals surface area contributed by atoms with E-state index in [0.29, 0.717) is 13.1 Å². The van der Waals surface area contributed by atoms with Crippen molar-refractivity contribution >= 4 is 21.6 Å². The van der Waals surface area contributed by atoms with Gasteiger partial charge >= 0.3 is 0 Å². The predicted molar refractivity (Wildman–Crippen MR) is 80.3 cm³/mol. The quantitative estimate of drug-likeness (QED) is 0.889. The van der Waals surface area contributed by atoms with Crippen LogP contribution in [0.2, 0.25) is 0 Å². The molecule has 0 aliphatic carbocycles. The van der Waals surface area contributed by atoms with Crippen molar-refractivity contribution < 1.29 is 5.11 Å². The number of aromatic nitrogens is 2. The van der Waals surface area contributed by atoms with Crippen LogP contribution in [0.1, 0.15) is 11.1 Å². The number of benzene rings is 1. The summed E-state index contributed by atoms with van der Waals surface area (Å²) in [7, 11) is 0. The third-order valence-electron chi connectivity index (χ3n) is 2.97. The smallest absolute Gasteiger partial charge is 0.0907 e. The number of halogens is 1. The molecular weight excluding hydrogens is 306 g/mol. The van der Waals surface area contributed by atoms with Gasteiger partial charge in [0.25, 0.3) is 0 Å². The number of nitrogens with one attached hydrogen (secondary N) is 1. The van der Waals surface area contributed by atoms with Crippen LogP contribution in [0, 0.1) is 13.8 Å². The van der Waals surface area contributed by atoms with E-state index in [9.17, 15) is 5.11 Å². The van der Waals surface area contributed by atoms with Gasteiger partial charge in [-0.05, 0) is 43.2 Å². The number of anilines is 1. The summed E-state index contributed by atoms with van der Waals surface area (Å²) < 4.78 is 2.80. The largest absolute Gasteiger partial charge is 0.389 e. The second kappa shape index (κ2) is 6.21. The minimum absolute atomic E-state index is 0.470. The SMILES string of the molecule is Cc1cc(Br)cc(C)c1NCC(O)Cn1cccn1. The van der Waals surface area contributed by atoms with Crippen molar-refractivity contribution in [1.82, 2.24) is 9.78 Å². The number of aliphatic hydroxyl groups excluding tert-OH is 1. The van der Waals surface area contributed by atoms with Gasteiger partial charge in [-0.25, -0.2) is 0 Å². The topological polar surface area (TPSA) is 50.1 Å². The van der Waals surface area contributed by atoms with Gasteiger partial charge in [0.1, 0.15) is 0 Å². The summed E-state index contributed by atoms with van der Waals surface area (Å²) in [6.07, 6.45) is 3.09. The highest BCUT2D eigenvalue weighted by atomic mass is 79.9. The number of aliphatic hydroxyl groups is 1. The van der Waals surface area contributed by atoms with E-state index < -0.39 is 6.10 Å². The van der Waals surface area contributed by atoms with Crippen molar-refractivity contribution in [1.29, 1.82) is 0 Å². The number of nitrogens with zero attached hydrogens (tertiary/aromatic N) is 2. The van der Waals surface area contributed by atoms with Crippen LogP contribution in [-0.4, -0.2) is 27.5 Å². The Hall–Kier alpha value is -1.33. The molecule has 5 heteroatoms. The summed E-state index contributed by atoms with van der Waals surface area (Å²) in [5.74, 6) is 0. The summed E-state index contributed by atoms with van der Waals surface area (Å²) in [6, 6.07) is 5.98. The van der Waals surface area contributed by atoms with E-state index in [-0.39, 0.29) is 0 Å². The summed E-state index contributed by atoms with van der Waals surface area (Å²) in [6.45, 7) is 5.11. The zero-order valence-corrected chi connectivity index (χ0v) is 12.7. The molecule has 2 aromatic rings. The van der Waals surface area contributed by atoms with Crippen LogP contribution in [0.25, 0.3) is 0 Å². The average Bonchev–Trinajstić information content (AvgIpc) is 2.80. The number of hydrogen-bond acceptors (Lipinski definition) is 3. The van der Waals surface area contributed by atoms with Gasteiger partial charge in [0.15, 0.2) is 0 Å². The highest BCUT2D eigenvalue weighted by molar-refractivity contribution is 9.10. The highest BCUT2D eigenvalue weighted by Gasteiger charge is 2.08. The molecule has 0 aliphatic rings. The van der Waals surface area contributed by atoms with E-state index in [2.05, 4.69) is 52.3 Å². The van der Waals surface area contributed by atoms with Gasteiger partial charge in [-0.2, -0.15) is 5.10 Å². The molecule has 1 atom stereocenters. The first-order chi connectivity index (χ1) is 9.06. The maximum Gasteiger partial charge on any atom is 0.0907 e. The number of rotatable bonds is 5. The van der Waals surface area contributed by atoms with E-state index in [1.165, 1.54) is 0 Å². The second-order valence-electron chi connectivity index (χ2n) is 4.68. The lowest BCUT2D eigenvalue weighted by Gasteiger charge is -2.16. The molecule has 0 spiro atoms. The van der Waals surface area contributed by atoms with Crippen LogP contribution >= 0.6 is 15.9 Å². The monoisotopic (exact) mass is 323 g/mol. The van der Waals surface area contributed by atoms with E-state index in [1.54, 1.807) is 10.9 Å². The molecule has 0 aliphatic heterocycles. The molecule has 0 fully saturated rings. The Morgan fingerprint density at radius 3 is 2.63 bits per heavy atom. The van der Waals surface area contributed by atoms with Crippen molar-refractivity contribution in [3.05, 3.63) is 46.2 Å². The number of aryl methyl sites for hydroxylation is 2. The molecule has 1 heterocycles. The van der Waals surface area contributed by atoms with E-state index >= 15 is 0 Å². The van der Waals surface area contributed by atoms with Crippen molar-refractivity contribution in [3.63, 3.8) is 0 Å². The van der Waals surface area contributed by atoms with Gasteiger partial charge < -0.3 is 10.4 Å². The normalized spacial score (nSPS) is 12.4. The Morgan fingerprint density at radius 2 is 2.05 bits per heavy atom. The van der Waals surface area contributed by atoms with Crippen molar-refractivity contribution in [2.45, 2.75) is 26.5 Å². The average molecular weight is 324 g/mol. The Morgan fingerprint density at radius 1 is 1.37 bits per heavy atom. The summed E-state index contributed by atoms with van der Waals surface area (Å²) in [5.41, 5.74) is 3.42. The summed E-state index contributed by atoms with van der Waals surface area (Å²) in [4.78, 5) is 0. The fourth-order valence-electron chi connectivity index (χ4n) is 2.10. The Labute approximate surface area is 121 Å². The van der Waals surface area contributed by atoms with Crippen LogP contribution in [0.5, 0.6) is 0 Å². The minimum Gasteiger partial charge on any atom is -0.389 e. The molecule has 2 N–H and O–H groups in total. The maximum absolute atomic E-state index is 9.99. The fraction of sp³-hybridized carbons (Fsp3) is 0.357. The van der Waals surface area contributed by atoms with Crippen molar-refractivity contribution in [3.8, 4) is 0 Å². The summed E-state index contributed by atoms with van der Waals surface area (Å²) in [5, 5.41) is 17.4. The first-order valence-corrected chi connectivity index (χ1v) is 7.01. The Bertz CT molecular complexity index is 517. The fourth-order valence-corrected chi connectivity index (χ4v) is 2.79. The van der Waals surface area contributed by atoms with Crippen LogP contribution in [0.3, 0.4) is 0 Å². The van der Waals surface area contributed by atoms with Gasteiger partial charge in [0.2, 0.25) is 0 Å². The van der Waals surface area contributed by atoms with Gasteiger partial charge in [0.05, 0.1) is 12.6 Å². The molecule has 102 valence electrons. The van der Waals surface area contributed by atoms with Crippen molar-refractivity contribution in [2.24, 2.45) is 0 Å². The Kier molecular flexibility index (Phi) is 4.61.